The standard InChI is InChI=1S/C26H25N7O/c1-2-12-27-26(34)24-18-31(16-20-15-30-33(17-20)21-8-4-3-5-9-21)13-14-32(24)25-22-10-6-7-11-23(22)28-19-29-25/h1,3-11,15,17,19,24H,12-14,16,18H2,(H,27,34). The highest BCUT2D eigenvalue weighted by Gasteiger charge is 2.34. The van der Waals surface area contributed by atoms with Gasteiger partial charge in [-0.2, -0.15) is 5.10 Å². The maximum atomic E-state index is 13.1. The fraction of sp³-hybridized carbons (Fsp3) is 0.231. The lowest BCUT2D eigenvalue weighted by Gasteiger charge is -2.41. The second kappa shape index (κ2) is 9.73. The zero-order valence-electron chi connectivity index (χ0n) is 18.7. The van der Waals surface area contributed by atoms with Crippen LogP contribution in [0.15, 0.2) is 73.3 Å². The second-order valence-corrected chi connectivity index (χ2v) is 8.21. The summed E-state index contributed by atoms with van der Waals surface area (Å²) in [5, 5.41) is 8.29. The summed E-state index contributed by atoms with van der Waals surface area (Å²) in [6.45, 7) is 2.88. The molecule has 1 atom stereocenters. The molecule has 0 radical (unpaired) electrons. The first-order valence-corrected chi connectivity index (χ1v) is 11.2. The lowest BCUT2D eigenvalue weighted by molar-refractivity contribution is -0.123. The predicted molar refractivity (Wildman–Crippen MR) is 131 cm³/mol. The first-order valence-electron chi connectivity index (χ1n) is 11.2. The summed E-state index contributed by atoms with van der Waals surface area (Å²) in [6.07, 6.45) is 10.9. The van der Waals surface area contributed by atoms with E-state index in [4.69, 9.17) is 6.42 Å². The summed E-state index contributed by atoms with van der Waals surface area (Å²) in [5.74, 6) is 3.15. The van der Waals surface area contributed by atoms with Crippen molar-refractivity contribution in [3.8, 4) is 18.0 Å². The fourth-order valence-electron chi connectivity index (χ4n) is 4.36. The van der Waals surface area contributed by atoms with E-state index in [1.807, 2.05) is 71.7 Å². The molecule has 1 N–H and O–H groups in total. The molecule has 0 bridgehead atoms. The molecule has 0 saturated carbocycles. The number of anilines is 1. The number of carbonyl (C=O) groups is 1. The summed E-state index contributed by atoms with van der Waals surface area (Å²) >= 11 is 0. The highest BCUT2D eigenvalue weighted by Crippen LogP contribution is 2.27. The third kappa shape index (κ3) is 4.47. The van der Waals surface area contributed by atoms with Crippen molar-refractivity contribution >= 4 is 22.6 Å². The SMILES string of the molecule is C#CCNC(=O)C1CN(Cc2cnn(-c3ccccc3)c2)CCN1c1ncnc2ccccc12. The van der Waals surface area contributed by atoms with Crippen molar-refractivity contribution < 1.29 is 4.79 Å². The largest absolute Gasteiger partial charge is 0.343 e. The molecular weight excluding hydrogens is 426 g/mol. The van der Waals surface area contributed by atoms with Crippen LogP contribution in [0.25, 0.3) is 16.6 Å². The molecule has 0 spiro atoms. The van der Waals surface area contributed by atoms with Gasteiger partial charge in [0.05, 0.1) is 23.9 Å². The summed E-state index contributed by atoms with van der Waals surface area (Å²) in [4.78, 5) is 26.4. The van der Waals surface area contributed by atoms with Gasteiger partial charge in [-0.05, 0) is 24.3 Å². The Morgan fingerprint density at radius 3 is 2.76 bits per heavy atom. The van der Waals surface area contributed by atoms with Crippen LogP contribution in [0.3, 0.4) is 0 Å². The van der Waals surface area contributed by atoms with E-state index in [0.717, 1.165) is 34.5 Å². The van der Waals surface area contributed by atoms with Gasteiger partial charge in [-0.25, -0.2) is 14.6 Å². The van der Waals surface area contributed by atoms with Gasteiger partial charge in [0.15, 0.2) is 0 Å². The highest BCUT2D eigenvalue weighted by atomic mass is 16.2. The molecule has 1 unspecified atom stereocenters. The summed E-state index contributed by atoms with van der Waals surface area (Å²) in [7, 11) is 0. The normalized spacial score (nSPS) is 16.3. The van der Waals surface area contributed by atoms with Gasteiger partial charge >= 0.3 is 0 Å². The number of terminal acetylenes is 1. The van der Waals surface area contributed by atoms with Crippen molar-refractivity contribution in [3.05, 3.63) is 78.9 Å². The molecule has 8 heteroatoms. The van der Waals surface area contributed by atoms with Gasteiger partial charge in [0.2, 0.25) is 5.91 Å². The molecule has 1 aliphatic rings. The molecule has 3 heterocycles. The van der Waals surface area contributed by atoms with Crippen LogP contribution < -0.4 is 10.2 Å². The van der Waals surface area contributed by atoms with Crippen LogP contribution in [0.4, 0.5) is 5.82 Å². The van der Waals surface area contributed by atoms with Gasteiger partial charge in [0.1, 0.15) is 18.2 Å². The molecule has 1 aliphatic heterocycles. The number of benzene rings is 2. The molecule has 8 nitrogen and oxygen atoms in total. The minimum Gasteiger partial charge on any atom is -0.343 e. The van der Waals surface area contributed by atoms with Crippen LogP contribution in [-0.4, -0.2) is 62.8 Å². The number of hydrogen-bond donors (Lipinski definition) is 1. The molecule has 170 valence electrons. The summed E-state index contributed by atoms with van der Waals surface area (Å²) in [5.41, 5.74) is 2.96. The molecule has 4 aromatic rings. The molecule has 1 saturated heterocycles. The molecule has 0 aliphatic carbocycles. The van der Waals surface area contributed by atoms with Crippen LogP contribution in [-0.2, 0) is 11.3 Å². The Bertz CT molecular complexity index is 1320. The second-order valence-electron chi connectivity index (χ2n) is 8.21. The molecule has 1 amide bonds. The van der Waals surface area contributed by atoms with Crippen molar-refractivity contribution in [2.75, 3.05) is 31.1 Å². The van der Waals surface area contributed by atoms with E-state index < -0.39 is 6.04 Å². The number of hydrogen-bond acceptors (Lipinski definition) is 6. The number of fused-ring (bicyclic) bond motifs is 1. The van der Waals surface area contributed by atoms with Gasteiger partial charge in [0.25, 0.3) is 0 Å². The lowest BCUT2D eigenvalue weighted by atomic mass is 10.1. The average Bonchev–Trinajstić information content (AvgIpc) is 3.36. The zero-order chi connectivity index (χ0) is 23.3. The molecule has 1 fully saturated rings. The average molecular weight is 452 g/mol. The van der Waals surface area contributed by atoms with Gasteiger partial charge in [-0.3, -0.25) is 9.69 Å². The maximum Gasteiger partial charge on any atom is 0.244 e. The Morgan fingerprint density at radius 1 is 1.09 bits per heavy atom. The van der Waals surface area contributed by atoms with Crippen molar-refractivity contribution in [1.82, 2.24) is 30.0 Å². The Kier molecular flexibility index (Phi) is 6.19. The van der Waals surface area contributed by atoms with Crippen molar-refractivity contribution in [2.45, 2.75) is 12.6 Å². The molecule has 2 aromatic carbocycles. The monoisotopic (exact) mass is 451 g/mol. The topological polar surface area (TPSA) is 79.2 Å². The fourth-order valence-corrected chi connectivity index (χ4v) is 4.36. The van der Waals surface area contributed by atoms with Crippen LogP contribution >= 0.6 is 0 Å². The number of rotatable bonds is 6. The van der Waals surface area contributed by atoms with E-state index in [1.165, 1.54) is 0 Å². The van der Waals surface area contributed by atoms with E-state index in [-0.39, 0.29) is 12.5 Å². The van der Waals surface area contributed by atoms with E-state index in [2.05, 4.69) is 36.1 Å². The number of nitrogens with zero attached hydrogens (tertiary/aromatic N) is 6. The van der Waals surface area contributed by atoms with Crippen LogP contribution in [0.1, 0.15) is 5.56 Å². The molecule has 5 rings (SSSR count). The Hall–Kier alpha value is -4.22. The van der Waals surface area contributed by atoms with E-state index >= 15 is 0 Å². The molecular formula is C26H25N7O. The minimum absolute atomic E-state index is 0.106. The predicted octanol–water partition coefficient (Wildman–Crippen LogP) is 2.26. The molecule has 2 aromatic heterocycles. The van der Waals surface area contributed by atoms with Gasteiger partial charge in [0, 0.05) is 43.3 Å². The van der Waals surface area contributed by atoms with Crippen molar-refractivity contribution in [1.29, 1.82) is 0 Å². The number of nitrogens with one attached hydrogen (secondary N) is 1. The van der Waals surface area contributed by atoms with Crippen molar-refractivity contribution in [2.24, 2.45) is 0 Å². The highest BCUT2D eigenvalue weighted by molar-refractivity contribution is 5.93. The number of carbonyl (C=O) groups excluding carboxylic acids is 1. The maximum absolute atomic E-state index is 13.1. The Morgan fingerprint density at radius 2 is 1.91 bits per heavy atom. The Labute approximate surface area is 198 Å². The minimum atomic E-state index is -0.426. The summed E-state index contributed by atoms with van der Waals surface area (Å²) in [6, 6.07) is 17.4. The van der Waals surface area contributed by atoms with Crippen LogP contribution in [0.2, 0.25) is 0 Å². The molecule has 34 heavy (non-hydrogen) atoms. The zero-order valence-corrected chi connectivity index (χ0v) is 18.7. The smallest absolute Gasteiger partial charge is 0.244 e. The third-order valence-corrected chi connectivity index (χ3v) is 5.99. The van der Waals surface area contributed by atoms with Gasteiger partial charge < -0.3 is 10.2 Å². The summed E-state index contributed by atoms with van der Waals surface area (Å²) < 4.78 is 1.87. The first-order chi connectivity index (χ1) is 16.7. The first kappa shape index (κ1) is 21.6. The number of piperazine rings is 1. The van der Waals surface area contributed by atoms with E-state index in [9.17, 15) is 4.79 Å². The van der Waals surface area contributed by atoms with Gasteiger partial charge in [-0.15, -0.1) is 6.42 Å². The van der Waals surface area contributed by atoms with Crippen LogP contribution in [0.5, 0.6) is 0 Å². The van der Waals surface area contributed by atoms with Crippen LogP contribution in [0, 0.1) is 12.3 Å². The van der Waals surface area contributed by atoms with Gasteiger partial charge in [-0.1, -0.05) is 36.3 Å². The number of amides is 1. The quantitative estimate of drug-likeness (QED) is 0.453. The van der Waals surface area contributed by atoms with E-state index in [1.54, 1.807) is 6.33 Å². The lowest BCUT2D eigenvalue weighted by Crippen LogP contribution is -2.59. The number of aromatic nitrogens is 4. The Balaban J connectivity index is 1.38. The van der Waals surface area contributed by atoms with E-state index in [0.29, 0.717) is 19.6 Å². The van der Waals surface area contributed by atoms with Crippen molar-refractivity contribution in [3.63, 3.8) is 0 Å². The number of para-hydroxylation sites is 2. The third-order valence-electron chi connectivity index (χ3n) is 5.99.